The Balaban J connectivity index is 2.75. The first-order valence-corrected chi connectivity index (χ1v) is 7.30. The Morgan fingerprint density at radius 3 is 1.95 bits per heavy atom. The molecule has 0 aromatic heterocycles. The highest BCUT2D eigenvalue weighted by Gasteiger charge is 2.15. The Morgan fingerprint density at radius 2 is 1.52 bits per heavy atom. The van der Waals surface area contributed by atoms with E-state index in [9.17, 15) is 20.1 Å². The van der Waals surface area contributed by atoms with Gasteiger partial charge in [-0.05, 0) is 12.8 Å². The second kappa shape index (κ2) is 8.24. The smallest absolute Gasteiger partial charge is 0.321 e. The summed E-state index contributed by atoms with van der Waals surface area (Å²) in [5.74, 6) is -1.54. The summed E-state index contributed by atoms with van der Waals surface area (Å²) in [6.07, 6.45) is 3.83. The van der Waals surface area contributed by atoms with Crippen molar-refractivity contribution in [3.63, 3.8) is 0 Å². The number of aromatic hydroxyl groups is 3. The largest absolute Gasteiger partial charge is 0.504 e. The topological polar surface area (TPSA) is 93.0 Å². The molecular formula is C15H24N2O4. The Morgan fingerprint density at radius 1 is 1.05 bits per heavy atom. The van der Waals surface area contributed by atoms with Crippen LogP contribution in [0.5, 0.6) is 17.2 Å². The van der Waals surface area contributed by atoms with Crippen LogP contribution in [-0.4, -0.2) is 39.3 Å². The van der Waals surface area contributed by atoms with Crippen molar-refractivity contribution >= 4 is 11.7 Å². The normalized spacial score (nSPS) is 10.4. The van der Waals surface area contributed by atoms with Crippen LogP contribution < -0.4 is 5.32 Å². The maximum absolute atomic E-state index is 12.2. The highest BCUT2D eigenvalue weighted by molar-refractivity contribution is 5.90. The molecule has 0 fully saturated rings. The molecule has 0 aliphatic rings. The van der Waals surface area contributed by atoms with Crippen molar-refractivity contribution in [2.75, 3.05) is 18.4 Å². The fourth-order valence-electron chi connectivity index (χ4n) is 1.89. The third kappa shape index (κ3) is 5.06. The number of benzene rings is 1. The van der Waals surface area contributed by atoms with Gasteiger partial charge in [0.1, 0.15) is 0 Å². The fourth-order valence-corrected chi connectivity index (χ4v) is 1.89. The van der Waals surface area contributed by atoms with Crippen molar-refractivity contribution in [1.82, 2.24) is 4.90 Å². The van der Waals surface area contributed by atoms with Crippen molar-refractivity contribution in [2.45, 2.75) is 39.5 Å². The van der Waals surface area contributed by atoms with Crippen LogP contribution in [0.3, 0.4) is 0 Å². The highest BCUT2D eigenvalue weighted by Crippen LogP contribution is 2.37. The molecule has 6 heteroatoms. The molecule has 0 unspecified atom stereocenters. The molecule has 0 aliphatic carbocycles. The van der Waals surface area contributed by atoms with Gasteiger partial charge in [-0.2, -0.15) is 0 Å². The number of carbonyl (C=O) groups is 1. The van der Waals surface area contributed by atoms with E-state index in [1.807, 2.05) is 0 Å². The summed E-state index contributed by atoms with van der Waals surface area (Å²) in [5, 5.41) is 30.8. The molecule has 1 aromatic carbocycles. The summed E-state index contributed by atoms with van der Waals surface area (Å²) >= 11 is 0. The molecule has 0 bridgehead atoms. The van der Waals surface area contributed by atoms with Gasteiger partial charge in [0.25, 0.3) is 0 Å². The number of nitrogens with one attached hydrogen (secondary N) is 1. The van der Waals surface area contributed by atoms with Gasteiger partial charge in [-0.1, -0.05) is 26.7 Å². The molecule has 0 saturated heterocycles. The lowest BCUT2D eigenvalue weighted by Crippen LogP contribution is -2.36. The third-order valence-electron chi connectivity index (χ3n) is 3.17. The van der Waals surface area contributed by atoms with Gasteiger partial charge in [-0.3, -0.25) is 0 Å². The van der Waals surface area contributed by atoms with Gasteiger partial charge >= 0.3 is 6.03 Å². The third-order valence-corrected chi connectivity index (χ3v) is 3.17. The van der Waals surface area contributed by atoms with Crippen LogP contribution in [0.2, 0.25) is 0 Å². The zero-order valence-electron chi connectivity index (χ0n) is 12.6. The molecule has 0 atom stereocenters. The van der Waals surface area contributed by atoms with Crippen LogP contribution in [-0.2, 0) is 0 Å². The van der Waals surface area contributed by atoms with Crippen LogP contribution in [0.1, 0.15) is 39.5 Å². The quantitative estimate of drug-likeness (QED) is 0.459. The van der Waals surface area contributed by atoms with E-state index in [0.717, 1.165) is 25.7 Å². The minimum Gasteiger partial charge on any atom is -0.504 e. The van der Waals surface area contributed by atoms with Crippen LogP contribution in [0.25, 0.3) is 0 Å². The molecular weight excluding hydrogens is 272 g/mol. The molecule has 4 N–H and O–H groups in total. The summed E-state index contributed by atoms with van der Waals surface area (Å²) in [7, 11) is 0. The Labute approximate surface area is 125 Å². The number of unbranched alkanes of at least 4 members (excludes halogenated alkanes) is 2. The number of nitrogens with zero attached hydrogens (tertiary/aromatic N) is 1. The minimum absolute atomic E-state index is 0.241. The van der Waals surface area contributed by atoms with E-state index in [2.05, 4.69) is 19.2 Å². The van der Waals surface area contributed by atoms with Gasteiger partial charge in [-0.15, -0.1) is 0 Å². The molecule has 0 radical (unpaired) electrons. The Kier molecular flexibility index (Phi) is 6.65. The van der Waals surface area contributed by atoms with Crippen molar-refractivity contribution in [3.8, 4) is 17.2 Å². The zero-order valence-corrected chi connectivity index (χ0v) is 12.6. The molecule has 118 valence electrons. The van der Waals surface area contributed by atoms with Gasteiger partial charge in [0.2, 0.25) is 0 Å². The fraction of sp³-hybridized carbons (Fsp3) is 0.533. The molecule has 0 saturated carbocycles. The first-order valence-electron chi connectivity index (χ1n) is 7.30. The van der Waals surface area contributed by atoms with E-state index in [1.54, 1.807) is 4.90 Å². The number of anilines is 1. The first kappa shape index (κ1) is 16.9. The number of phenols is 3. The van der Waals surface area contributed by atoms with Crippen LogP contribution >= 0.6 is 0 Å². The van der Waals surface area contributed by atoms with Gasteiger partial charge in [-0.25, -0.2) is 4.79 Å². The molecule has 0 heterocycles. The summed E-state index contributed by atoms with van der Waals surface area (Å²) < 4.78 is 0. The van der Waals surface area contributed by atoms with Crippen LogP contribution in [0.15, 0.2) is 12.1 Å². The lowest BCUT2D eigenvalue weighted by atomic mass is 10.2. The standard InChI is InChI=1S/C15H24N2O4/c1-3-5-7-17(8-6-4-2)15(21)16-11-9-12(18)14(20)13(19)10-11/h9-10,18-20H,3-8H2,1-2H3,(H,16,21). The highest BCUT2D eigenvalue weighted by atomic mass is 16.3. The van der Waals surface area contributed by atoms with E-state index in [-0.39, 0.29) is 11.7 Å². The number of phenolic OH excluding ortho intramolecular Hbond substituents is 3. The molecule has 21 heavy (non-hydrogen) atoms. The number of rotatable bonds is 7. The maximum atomic E-state index is 12.2. The summed E-state index contributed by atoms with van der Waals surface area (Å²) in [4.78, 5) is 13.9. The second-order valence-electron chi connectivity index (χ2n) is 4.99. The van der Waals surface area contributed by atoms with Gasteiger partial charge in [0, 0.05) is 25.2 Å². The van der Waals surface area contributed by atoms with E-state index >= 15 is 0 Å². The van der Waals surface area contributed by atoms with E-state index in [0.29, 0.717) is 13.1 Å². The SMILES string of the molecule is CCCCN(CCCC)C(=O)Nc1cc(O)c(O)c(O)c1. The Hall–Kier alpha value is -2.11. The lowest BCUT2D eigenvalue weighted by Gasteiger charge is -2.23. The molecule has 2 amide bonds. The van der Waals surface area contributed by atoms with Crippen molar-refractivity contribution < 1.29 is 20.1 Å². The minimum atomic E-state index is -0.596. The predicted octanol–water partition coefficient (Wildman–Crippen LogP) is 3.24. The van der Waals surface area contributed by atoms with E-state index in [1.165, 1.54) is 12.1 Å². The molecule has 1 rings (SSSR count). The number of hydrogen-bond acceptors (Lipinski definition) is 4. The number of amides is 2. The molecule has 6 nitrogen and oxygen atoms in total. The van der Waals surface area contributed by atoms with Crippen molar-refractivity contribution in [3.05, 3.63) is 12.1 Å². The van der Waals surface area contributed by atoms with Crippen LogP contribution in [0, 0.1) is 0 Å². The number of hydrogen-bond donors (Lipinski definition) is 4. The summed E-state index contributed by atoms with van der Waals surface area (Å²) in [6, 6.07) is 2.12. The lowest BCUT2D eigenvalue weighted by molar-refractivity contribution is 0.210. The Bertz CT molecular complexity index is 446. The molecule has 0 aliphatic heterocycles. The maximum Gasteiger partial charge on any atom is 0.321 e. The van der Waals surface area contributed by atoms with Crippen LogP contribution in [0.4, 0.5) is 10.5 Å². The van der Waals surface area contributed by atoms with Crippen molar-refractivity contribution in [1.29, 1.82) is 0 Å². The van der Waals surface area contributed by atoms with E-state index < -0.39 is 17.2 Å². The predicted molar refractivity (Wildman–Crippen MR) is 81.8 cm³/mol. The monoisotopic (exact) mass is 296 g/mol. The summed E-state index contributed by atoms with van der Waals surface area (Å²) in [5.41, 5.74) is 0.241. The van der Waals surface area contributed by atoms with Gasteiger partial charge < -0.3 is 25.5 Å². The number of urea groups is 1. The average Bonchev–Trinajstić information content (AvgIpc) is 2.44. The molecule has 1 aromatic rings. The second-order valence-corrected chi connectivity index (χ2v) is 4.99. The first-order chi connectivity index (χ1) is 9.99. The number of carbonyl (C=O) groups excluding carboxylic acids is 1. The van der Waals surface area contributed by atoms with Gasteiger partial charge in [0.05, 0.1) is 5.69 Å². The summed E-state index contributed by atoms with van der Waals surface area (Å²) in [6.45, 7) is 5.45. The zero-order chi connectivity index (χ0) is 15.8. The van der Waals surface area contributed by atoms with Gasteiger partial charge in [0.15, 0.2) is 17.2 Å². The molecule has 0 spiro atoms. The average molecular weight is 296 g/mol. The van der Waals surface area contributed by atoms with Crippen molar-refractivity contribution in [2.24, 2.45) is 0 Å². The van der Waals surface area contributed by atoms with E-state index in [4.69, 9.17) is 0 Å².